The molecular formula is C13H16O3. The summed E-state index contributed by atoms with van der Waals surface area (Å²) in [6.45, 7) is 6.45. The molecule has 1 aromatic carbocycles. The lowest BCUT2D eigenvalue weighted by molar-refractivity contribution is -0.131. The van der Waals surface area contributed by atoms with Crippen LogP contribution in [0.25, 0.3) is 6.08 Å². The topological polar surface area (TPSA) is 46.5 Å². The Morgan fingerprint density at radius 3 is 2.62 bits per heavy atom. The fourth-order valence-corrected chi connectivity index (χ4v) is 1.46. The van der Waals surface area contributed by atoms with Crippen LogP contribution < -0.4 is 4.74 Å². The van der Waals surface area contributed by atoms with Crippen molar-refractivity contribution in [2.24, 2.45) is 0 Å². The van der Waals surface area contributed by atoms with Gasteiger partial charge in [0.1, 0.15) is 5.75 Å². The number of carboxylic acid groups (broad SMARTS) is 1. The summed E-state index contributed by atoms with van der Waals surface area (Å²) in [6.07, 6.45) is 2.74. The number of benzene rings is 1. The summed E-state index contributed by atoms with van der Waals surface area (Å²) in [6, 6.07) is 3.86. The number of hydrogen-bond acceptors (Lipinski definition) is 2. The molecular weight excluding hydrogens is 204 g/mol. The summed E-state index contributed by atoms with van der Waals surface area (Å²) in [5.41, 5.74) is 2.92. The van der Waals surface area contributed by atoms with E-state index in [0.29, 0.717) is 6.61 Å². The molecule has 0 heterocycles. The zero-order chi connectivity index (χ0) is 12.1. The standard InChI is InChI=1S/C13H16O3/c1-4-16-12-8-9(2)11(7-10(12)3)5-6-13(14)15/h5-8H,4H2,1-3H3,(H,14,15)/b6-5+. The second kappa shape index (κ2) is 5.35. The Labute approximate surface area is 95.4 Å². The smallest absolute Gasteiger partial charge is 0.328 e. The van der Waals surface area contributed by atoms with Crippen molar-refractivity contribution >= 4 is 12.0 Å². The highest BCUT2D eigenvalue weighted by molar-refractivity contribution is 5.85. The Hall–Kier alpha value is -1.77. The van der Waals surface area contributed by atoms with E-state index in [9.17, 15) is 4.79 Å². The van der Waals surface area contributed by atoms with Gasteiger partial charge in [0.05, 0.1) is 6.61 Å². The van der Waals surface area contributed by atoms with Gasteiger partial charge < -0.3 is 9.84 Å². The van der Waals surface area contributed by atoms with Gasteiger partial charge in [-0.05, 0) is 55.7 Å². The van der Waals surface area contributed by atoms with Gasteiger partial charge in [-0.15, -0.1) is 0 Å². The maximum atomic E-state index is 10.4. The predicted octanol–water partition coefficient (Wildman–Crippen LogP) is 2.80. The van der Waals surface area contributed by atoms with Crippen molar-refractivity contribution in [3.63, 3.8) is 0 Å². The maximum absolute atomic E-state index is 10.4. The van der Waals surface area contributed by atoms with E-state index in [4.69, 9.17) is 9.84 Å². The number of hydrogen-bond donors (Lipinski definition) is 1. The van der Waals surface area contributed by atoms with Gasteiger partial charge >= 0.3 is 5.97 Å². The largest absolute Gasteiger partial charge is 0.494 e. The van der Waals surface area contributed by atoms with E-state index in [-0.39, 0.29) is 0 Å². The SMILES string of the molecule is CCOc1cc(C)c(/C=C/C(=O)O)cc1C. The van der Waals surface area contributed by atoms with E-state index in [1.807, 2.05) is 32.9 Å². The fourth-order valence-electron chi connectivity index (χ4n) is 1.46. The van der Waals surface area contributed by atoms with Crippen molar-refractivity contribution in [1.82, 2.24) is 0 Å². The van der Waals surface area contributed by atoms with E-state index in [1.165, 1.54) is 0 Å². The van der Waals surface area contributed by atoms with Gasteiger partial charge in [-0.25, -0.2) is 4.79 Å². The highest BCUT2D eigenvalue weighted by atomic mass is 16.5. The van der Waals surface area contributed by atoms with Crippen LogP contribution in [-0.4, -0.2) is 17.7 Å². The van der Waals surface area contributed by atoms with E-state index in [2.05, 4.69) is 0 Å². The summed E-state index contributed by atoms with van der Waals surface area (Å²) in [7, 11) is 0. The van der Waals surface area contributed by atoms with Gasteiger partial charge in [0.15, 0.2) is 0 Å². The highest BCUT2D eigenvalue weighted by Gasteiger charge is 2.03. The number of aryl methyl sites for hydroxylation is 2. The molecule has 0 aliphatic carbocycles. The predicted molar refractivity (Wildman–Crippen MR) is 63.8 cm³/mol. The third-order valence-corrected chi connectivity index (χ3v) is 2.27. The molecule has 0 unspecified atom stereocenters. The lowest BCUT2D eigenvalue weighted by atomic mass is 10.0. The summed E-state index contributed by atoms with van der Waals surface area (Å²) in [5.74, 6) is -0.0848. The lowest BCUT2D eigenvalue weighted by Gasteiger charge is -2.10. The van der Waals surface area contributed by atoms with Crippen LogP contribution in [0, 0.1) is 13.8 Å². The third kappa shape index (κ3) is 3.12. The van der Waals surface area contributed by atoms with Crippen LogP contribution in [0.1, 0.15) is 23.6 Å². The van der Waals surface area contributed by atoms with Crippen molar-refractivity contribution in [2.75, 3.05) is 6.61 Å². The van der Waals surface area contributed by atoms with Crippen LogP contribution in [0.4, 0.5) is 0 Å². The molecule has 0 saturated carbocycles. The average molecular weight is 220 g/mol. The van der Waals surface area contributed by atoms with Crippen molar-refractivity contribution < 1.29 is 14.6 Å². The normalized spacial score (nSPS) is 10.7. The Kier molecular flexibility index (Phi) is 4.11. The molecule has 0 spiro atoms. The molecule has 1 N–H and O–H groups in total. The van der Waals surface area contributed by atoms with E-state index in [0.717, 1.165) is 28.5 Å². The minimum absolute atomic E-state index is 0.630. The van der Waals surface area contributed by atoms with Crippen LogP contribution in [0.15, 0.2) is 18.2 Å². The van der Waals surface area contributed by atoms with Crippen molar-refractivity contribution in [3.05, 3.63) is 34.9 Å². The van der Waals surface area contributed by atoms with Gasteiger partial charge in [-0.3, -0.25) is 0 Å². The molecule has 0 bridgehead atoms. The number of aliphatic carboxylic acids is 1. The zero-order valence-corrected chi connectivity index (χ0v) is 9.78. The van der Waals surface area contributed by atoms with E-state index < -0.39 is 5.97 Å². The van der Waals surface area contributed by atoms with Crippen molar-refractivity contribution in [2.45, 2.75) is 20.8 Å². The molecule has 0 amide bonds. The number of carboxylic acids is 1. The van der Waals surface area contributed by atoms with Gasteiger partial charge in [0.2, 0.25) is 0 Å². The molecule has 0 aliphatic heterocycles. The Morgan fingerprint density at radius 1 is 1.38 bits per heavy atom. The first-order chi connectivity index (χ1) is 7.54. The summed E-state index contributed by atoms with van der Waals surface area (Å²) in [5, 5.41) is 8.56. The first-order valence-corrected chi connectivity index (χ1v) is 5.19. The summed E-state index contributed by atoms with van der Waals surface area (Å²) < 4.78 is 5.46. The van der Waals surface area contributed by atoms with Gasteiger partial charge in [-0.2, -0.15) is 0 Å². The number of rotatable bonds is 4. The van der Waals surface area contributed by atoms with Crippen molar-refractivity contribution in [1.29, 1.82) is 0 Å². The van der Waals surface area contributed by atoms with Gasteiger partial charge in [0, 0.05) is 6.08 Å². The minimum atomic E-state index is -0.939. The Bertz CT molecular complexity index is 419. The summed E-state index contributed by atoms with van der Waals surface area (Å²) >= 11 is 0. The van der Waals surface area contributed by atoms with Crippen LogP contribution >= 0.6 is 0 Å². The Balaban J connectivity index is 3.05. The number of carbonyl (C=O) groups is 1. The van der Waals surface area contributed by atoms with Crippen LogP contribution in [0.5, 0.6) is 5.75 Å². The first kappa shape index (κ1) is 12.3. The van der Waals surface area contributed by atoms with Gasteiger partial charge in [-0.1, -0.05) is 0 Å². The molecule has 3 heteroatoms. The van der Waals surface area contributed by atoms with Gasteiger partial charge in [0.25, 0.3) is 0 Å². The highest BCUT2D eigenvalue weighted by Crippen LogP contribution is 2.23. The van der Waals surface area contributed by atoms with Crippen LogP contribution in [0.2, 0.25) is 0 Å². The monoisotopic (exact) mass is 220 g/mol. The fraction of sp³-hybridized carbons (Fsp3) is 0.308. The average Bonchev–Trinajstić information content (AvgIpc) is 2.21. The molecule has 0 aliphatic rings. The van der Waals surface area contributed by atoms with Crippen molar-refractivity contribution in [3.8, 4) is 5.75 Å². The van der Waals surface area contributed by atoms with Crippen LogP contribution in [0.3, 0.4) is 0 Å². The molecule has 1 aromatic rings. The molecule has 0 fully saturated rings. The molecule has 0 saturated heterocycles. The molecule has 1 rings (SSSR count). The Morgan fingerprint density at radius 2 is 2.06 bits per heavy atom. The van der Waals surface area contributed by atoms with E-state index >= 15 is 0 Å². The summed E-state index contributed by atoms with van der Waals surface area (Å²) in [4.78, 5) is 10.4. The molecule has 0 aromatic heterocycles. The second-order valence-electron chi connectivity index (χ2n) is 3.58. The van der Waals surface area contributed by atoms with Crippen LogP contribution in [-0.2, 0) is 4.79 Å². The minimum Gasteiger partial charge on any atom is -0.494 e. The second-order valence-corrected chi connectivity index (χ2v) is 3.58. The number of ether oxygens (including phenoxy) is 1. The zero-order valence-electron chi connectivity index (χ0n) is 9.78. The van der Waals surface area contributed by atoms with E-state index in [1.54, 1.807) is 6.08 Å². The lowest BCUT2D eigenvalue weighted by Crippen LogP contribution is -1.96. The third-order valence-electron chi connectivity index (χ3n) is 2.27. The molecule has 3 nitrogen and oxygen atoms in total. The molecule has 0 radical (unpaired) electrons. The molecule has 86 valence electrons. The first-order valence-electron chi connectivity index (χ1n) is 5.19. The molecule has 0 atom stereocenters. The maximum Gasteiger partial charge on any atom is 0.328 e. The quantitative estimate of drug-likeness (QED) is 0.793. The molecule has 16 heavy (non-hydrogen) atoms.